The molecule has 0 fully saturated rings. The van der Waals surface area contributed by atoms with E-state index < -0.39 is 0 Å². The average Bonchev–Trinajstić information content (AvgIpc) is 3.01. The van der Waals surface area contributed by atoms with Crippen LogP contribution in [0.4, 0.5) is 15.2 Å². The highest BCUT2D eigenvalue weighted by Crippen LogP contribution is 2.32. The standard InChI is InChI=1S/C20H16FN3O2S2/c1-11-17(9-12-4-2-3-5-14(12)21)28-20(22-11)24-19(26)13-6-7-16-15(8-13)23-18(25)10-27-16/h2-8H,9-10H2,1H3,(H,23,25)(H,22,24,26). The second kappa shape index (κ2) is 7.73. The van der Waals surface area contributed by atoms with Gasteiger partial charge in [0.05, 0.1) is 17.1 Å². The van der Waals surface area contributed by atoms with E-state index in [4.69, 9.17) is 0 Å². The first kappa shape index (κ1) is 18.6. The van der Waals surface area contributed by atoms with Crippen LogP contribution in [0.5, 0.6) is 0 Å². The maximum Gasteiger partial charge on any atom is 0.257 e. The summed E-state index contributed by atoms with van der Waals surface area (Å²) >= 11 is 2.78. The molecule has 2 heterocycles. The highest BCUT2D eigenvalue weighted by atomic mass is 32.2. The number of benzene rings is 2. The number of aryl methyl sites for hydroxylation is 1. The fraction of sp³-hybridized carbons (Fsp3) is 0.150. The molecule has 4 rings (SSSR count). The van der Waals surface area contributed by atoms with Gasteiger partial charge < -0.3 is 5.32 Å². The Kier molecular flexibility index (Phi) is 5.15. The molecule has 28 heavy (non-hydrogen) atoms. The van der Waals surface area contributed by atoms with Gasteiger partial charge in [0.25, 0.3) is 5.91 Å². The molecule has 0 saturated heterocycles. The monoisotopic (exact) mass is 413 g/mol. The first-order valence-corrected chi connectivity index (χ1v) is 10.4. The molecule has 0 saturated carbocycles. The molecule has 0 radical (unpaired) electrons. The lowest BCUT2D eigenvalue weighted by Gasteiger charge is -2.16. The van der Waals surface area contributed by atoms with Crippen molar-refractivity contribution in [1.82, 2.24) is 4.98 Å². The Morgan fingerprint density at radius 3 is 2.93 bits per heavy atom. The van der Waals surface area contributed by atoms with E-state index in [-0.39, 0.29) is 17.6 Å². The normalized spacial score (nSPS) is 13.0. The third kappa shape index (κ3) is 3.93. The number of thiazole rings is 1. The SMILES string of the molecule is Cc1nc(NC(=O)c2ccc3c(c2)NC(=O)CS3)sc1Cc1ccccc1F. The Balaban J connectivity index is 1.50. The molecular weight excluding hydrogens is 397 g/mol. The van der Waals surface area contributed by atoms with Crippen molar-refractivity contribution < 1.29 is 14.0 Å². The summed E-state index contributed by atoms with van der Waals surface area (Å²) in [6.07, 6.45) is 0.425. The number of rotatable bonds is 4. The zero-order chi connectivity index (χ0) is 19.7. The number of aromatic nitrogens is 1. The predicted molar refractivity (Wildman–Crippen MR) is 110 cm³/mol. The number of hydrogen-bond donors (Lipinski definition) is 2. The van der Waals surface area contributed by atoms with E-state index in [0.717, 1.165) is 15.5 Å². The van der Waals surface area contributed by atoms with Crippen LogP contribution in [0.25, 0.3) is 0 Å². The number of halogens is 1. The van der Waals surface area contributed by atoms with Crippen LogP contribution in [0.3, 0.4) is 0 Å². The molecule has 0 aliphatic carbocycles. The summed E-state index contributed by atoms with van der Waals surface area (Å²) in [7, 11) is 0. The molecule has 3 aromatic rings. The van der Waals surface area contributed by atoms with Gasteiger partial charge in [-0.2, -0.15) is 0 Å². The number of thioether (sulfide) groups is 1. The van der Waals surface area contributed by atoms with Gasteiger partial charge in [0.15, 0.2) is 5.13 Å². The molecule has 1 aromatic heterocycles. The van der Waals surface area contributed by atoms with Crippen molar-refractivity contribution in [2.24, 2.45) is 0 Å². The van der Waals surface area contributed by atoms with Crippen molar-refractivity contribution in [2.75, 3.05) is 16.4 Å². The minimum Gasteiger partial charge on any atom is -0.324 e. The van der Waals surface area contributed by atoms with Gasteiger partial charge in [0, 0.05) is 21.8 Å². The van der Waals surface area contributed by atoms with Crippen molar-refractivity contribution in [3.63, 3.8) is 0 Å². The van der Waals surface area contributed by atoms with Gasteiger partial charge in [-0.3, -0.25) is 14.9 Å². The summed E-state index contributed by atoms with van der Waals surface area (Å²) in [5, 5.41) is 6.03. The Morgan fingerprint density at radius 1 is 1.29 bits per heavy atom. The predicted octanol–water partition coefficient (Wildman–Crippen LogP) is 4.48. The largest absolute Gasteiger partial charge is 0.324 e. The molecule has 0 bridgehead atoms. The number of carbonyl (C=O) groups is 2. The smallest absolute Gasteiger partial charge is 0.257 e. The first-order chi connectivity index (χ1) is 13.5. The van der Waals surface area contributed by atoms with Crippen LogP contribution in [0, 0.1) is 12.7 Å². The summed E-state index contributed by atoms with van der Waals surface area (Å²) in [6.45, 7) is 1.84. The first-order valence-electron chi connectivity index (χ1n) is 8.57. The van der Waals surface area contributed by atoms with Crippen LogP contribution >= 0.6 is 23.1 Å². The quantitative estimate of drug-likeness (QED) is 0.662. The second-order valence-electron chi connectivity index (χ2n) is 6.30. The molecule has 0 spiro atoms. The van der Waals surface area contributed by atoms with Crippen molar-refractivity contribution >= 4 is 45.7 Å². The number of nitrogens with zero attached hydrogens (tertiary/aromatic N) is 1. The van der Waals surface area contributed by atoms with Crippen molar-refractivity contribution in [3.8, 4) is 0 Å². The van der Waals surface area contributed by atoms with Crippen LogP contribution in [0.15, 0.2) is 47.4 Å². The maximum absolute atomic E-state index is 13.9. The van der Waals surface area contributed by atoms with Gasteiger partial charge in [-0.25, -0.2) is 9.37 Å². The fourth-order valence-corrected chi connectivity index (χ4v) is 4.62. The minimum absolute atomic E-state index is 0.0802. The summed E-state index contributed by atoms with van der Waals surface area (Å²) in [5.41, 5.74) is 2.43. The van der Waals surface area contributed by atoms with E-state index in [2.05, 4.69) is 15.6 Å². The molecule has 5 nitrogen and oxygen atoms in total. The van der Waals surface area contributed by atoms with E-state index in [0.29, 0.717) is 34.1 Å². The number of fused-ring (bicyclic) bond motifs is 1. The van der Waals surface area contributed by atoms with Crippen molar-refractivity contribution in [1.29, 1.82) is 0 Å². The highest BCUT2D eigenvalue weighted by molar-refractivity contribution is 8.00. The number of hydrogen-bond acceptors (Lipinski definition) is 5. The number of amides is 2. The van der Waals surface area contributed by atoms with Crippen LogP contribution in [-0.2, 0) is 11.2 Å². The molecule has 2 amide bonds. The van der Waals surface area contributed by atoms with Crippen LogP contribution < -0.4 is 10.6 Å². The molecule has 2 N–H and O–H groups in total. The zero-order valence-corrected chi connectivity index (χ0v) is 16.5. The average molecular weight is 413 g/mol. The number of carbonyl (C=O) groups excluding carboxylic acids is 2. The van der Waals surface area contributed by atoms with E-state index in [1.807, 2.05) is 13.0 Å². The highest BCUT2D eigenvalue weighted by Gasteiger charge is 2.18. The van der Waals surface area contributed by atoms with Gasteiger partial charge in [0.1, 0.15) is 5.82 Å². The Labute approximate surface area is 169 Å². The molecule has 0 atom stereocenters. The molecule has 1 aliphatic heterocycles. The Hall–Kier alpha value is -2.71. The third-order valence-electron chi connectivity index (χ3n) is 4.30. The molecule has 8 heteroatoms. The van der Waals surface area contributed by atoms with Crippen LogP contribution in [-0.4, -0.2) is 22.6 Å². The van der Waals surface area contributed by atoms with E-state index in [9.17, 15) is 14.0 Å². The summed E-state index contributed by atoms with van der Waals surface area (Å²) in [4.78, 5) is 30.4. The third-order valence-corrected chi connectivity index (χ3v) is 6.44. The van der Waals surface area contributed by atoms with Gasteiger partial charge in [0.2, 0.25) is 5.91 Å². The van der Waals surface area contributed by atoms with E-state index in [1.54, 1.807) is 30.3 Å². The molecule has 2 aromatic carbocycles. The molecular formula is C20H16FN3O2S2. The number of nitrogens with one attached hydrogen (secondary N) is 2. The molecule has 0 unspecified atom stereocenters. The maximum atomic E-state index is 13.9. The minimum atomic E-state index is -0.307. The van der Waals surface area contributed by atoms with Gasteiger partial charge in [-0.05, 0) is 36.8 Å². The summed E-state index contributed by atoms with van der Waals surface area (Å²) in [5.74, 6) is -0.265. The van der Waals surface area contributed by atoms with Crippen molar-refractivity contribution in [3.05, 3.63) is 70.0 Å². The van der Waals surface area contributed by atoms with Crippen molar-refractivity contribution in [2.45, 2.75) is 18.2 Å². The van der Waals surface area contributed by atoms with Crippen LogP contribution in [0.2, 0.25) is 0 Å². The van der Waals surface area contributed by atoms with E-state index in [1.165, 1.54) is 29.2 Å². The molecule has 1 aliphatic rings. The lowest BCUT2D eigenvalue weighted by molar-refractivity contribution is -0.113. The van der Waals surface area contributed by atoms with E-state index >= 15 is 0 Å². The second-order valence-corrected chi connectivity index (χ2v) is 8.40. The lowest BCUT2D eigenvalue weighted by atomic mass is 10.1. The van der Waals surface area contributed by atoms with Gasteiger partial charge in [-0.1, -0.05) is 18.2 Å². The molecule has 142 valence electrons. The fourth-order valence-electron chi connectivity index (χ4n) is 2.85. The van der Waals surface area contributed by atoms with Gasteiger partial charge in [-0.15, -0.1) is 23.1 Å². The Morgan fingerprint density at radius 2 is 2.11 bits per heavy atom. The number of anilines is 2. The Bertz CT molecular complexity index is 1080. The lowest BCUT2D eigenvalue weighted by Crippen LogP contribution is -2.19. The topological polar surface area (TPSA) is 71.1 Å². The van der Waals surface area contributed by atoms with Crippen LogP contribution in [0.1, 0.15) is 26.5 Å². The summed E-state index contributed by atoms with van der Waals surface area (Å²) < 4.78 is 13.9. The zero-order valence-electron chi connectivity index (χ0n) is 14.9. The summed E-state index contributed by atoms with van der Waals surface area (Å²) in [6, 6.07) is 11.8. The van der Waals surface area contributed by atoms with Gasteiger partial charge >= 0.3 is 0 Å².